The highest BCUT2D eigenvalue weighted by atomic mass is 19.3. The van der Waals surface area contributed by atoms with Crippen LogP contribution in [0.25, 0.3) is 0 Å². The number of allylic oxidation sites excluding steroid dienone is 2. The highest BCUT2D eigenvalue weighted by Gasteiger charge is 2.51. The number of alkyl halides is 2. The largest absolute Gasteiger partial charge is 0.487 e. The molecule has 2 N–H and O–H groups in total. The second-order valence-electron chi connectivity index (χ2n) is 12.5. The Morgan fingerprint density at radius 3 is 2.24 bits per heavy atom. The van der Waals surface area contributed by atoms with Crippen molar-refractivity contribution in [2.24, 2.45) is 11.8 Å². The van der Waals surface area contributed by atoms with Crippen molar-refractivity contribution in [3.63, 3.8) is 0 Å². The molecule has 1 aliphatic carbocycles. The fourth-order valence-electron chi connectivity index (χ4n) is 6.21. The summed E-state index contributed by atoms with van der Waals surface area (Å²) in [5.74, 6) is -4.88. The molecule has 1 saturated carbocycles. The molecule has 8 atom stereocenters. The molecule has 0 aromatic heterocycles. The van der Waals surface area contributed by atoms with Crippen LogP contribution >= 0.6 is 0 Å². The first kappa shape index (κ1) is 38.1. The van der Waals surface area contributed by atoms with Crippen LogP contribution in [0.1, 0.15) is 57.8 Å². The van der Waals surface area contributed by atoms with Gasteiger partial charge in [-0.2, -0.15) is 8.78 Å². The number of para-hydroxylation sites is 1. The molecular weight excluding hydrogens is 652 g/mol. The van der Waals surface area contributed by atoms with Crippen LogP contribution in [0.15, 0.2) is 54.6 Å². The van der Waals surface area contributed by atoms with Gasteiger partial charge in [-0.15, -0.1) is 10.1 Å². The van der Waals surface area contributed by atoms with Crippen molar-refractivity contribution in [2.45, 2.75) is 100 Å². The standard InChI is InChI=1S/C34H45F2NO12/c35-34(36,22-46-23-11-5-3-6-12-23)17-16-25-24(26(38)19-27(25)39)13-7-1-2-8-14-30(40)48-28-20-44-33-29(21-45-32(28)33)49-31(41)15-9-4-10-18-47-37(42)43/h1,3,5-7,11-12,16-17,24-29,32-33,38-39H,2,4,8-10,13-15,18-22H2/t24-,25-,26+,27-,28-,29-,32-,33-/m1/s1. The van der Waals surface area contributed by atoms with Gasteiger partial charge in [-0.25, -0.2) is 0 Å². The number of benzene rings is 1. The zero-order chi connectivity index (χ0) is 35.2. The highest BCUT2D eigenvalue weighted by molar-refractivity contribution is 5.70. The fraction of sp³-hybridized carbons (Fsp3) is 0.647. The Labute approximate surface area is 283 Å². The molecule has 3 fully saturated rings. The molecule has 0 radical (unpaired) electrons. The monoisotopic (exact) mass is 697 g/mol. The van der Waals surface area contributed by atoms with Gasteiger partial charge in [0.05, 0.1) is 32.0 Å². The van der Waals surface area contributed by atoms with Gasteiger partial charge in [-0.3, -0.25) is 9.59 Å². The number of aliphatic hydroxyl groups is 2. The molecule has 13 nitrogen and oxygen atoms in total. The Morgan fingerprint density at radius 2 is 1.59 bits per heavy atom. The van der Waals surface area contributed by atoms with Crippen molar-refractivity contribution >= 4 is 11.9 Å². The summed E-state index contributed by atoms with van der Waals surface area (Å²) < 4.78 is 56.6. The SMILES string of the molecule is O=C(CCCC=CC[C@@H]1[C@@H](C=CC(F)(F)COc2ccccc2)[C@H](O)C[C@@H]1O)O[C@@H]1CO[C@H]2[C@@H]1OC[C@H]2OC(=O)CCCCCO[N+](=O)[O-]. The van der Waals surface area contributed by atoms with Crippen molar-refractivity contribution < 1.29 is 62.2 Å². The van der Waals surface area contributed by atoms with Crippen LogP contribution in [0.5, 0.6) is 5.75 Å². The number of nitrogens with zero attached hydrogens (tertiary/aromatic N) is 1. The van der Waals surface area contributed by atoms with E-state index in [1.54, 1.807) is 30.3 Å². The zero-order valence-electron chi connectivity index (χ0n) is 27.2. The van der Waals surface area contributed by atoms with Gasteiger partial charge in [0.2, 0.25) is 0 Å². The van der Waals surface area contributed by atoms with Gasteiger partial charge in [-0.1, -0.05) is 42.8 Å². The molecule has 49 heavy (non-hydrogen) atoms. The highest BCUT2D eigenvalue weighted by Crippen LogP contribution is 2.37. The molecule has 4 rings (SSSR count). The Hall–Kier alpha value is -3.66. The summed E-state index contributed by atoms with van der Waals surface area (Å²) in [6.45, 7) is -0.641. The molecule has 1 aromatic carbocycles. The van der Waals surface area contributed by atoms with Gasteiger partial charge in [0.15, 0.2) is 18.8 Å². The van der Waals surface area contributed by atoms with Gasteiger partial charge in [0.1, 0.15) is 18.0 Å². The number of aliphatic hydroxyl groups excluding tert-OH is 2. The Kier molecular flexibility index (Phi) is 14.7. The number of ether oxygens (including phenoxy) is 5. The van der Waals surface area contributed by atoms with E-state index in [9.17, 15) is 38.7 Å². The summed E-state index contributed by atoms with van der Waals surface area (Å²) >= 11 is 0. The van der Waals surface area contributed by atoms with Crippen molar-refractivity contribution in [3.05, 3.63) is 64.8 Å². The second kappa shape index (κ2) is 18.9. The number of hydrogen-bond donors (Lipinski definition) is 2. The summed E-state index contributed by atoms with van der Waals surface area (Å²) in [5.41, 5.74) is 0. The van der Waals surface area contributed by atoms with Crippen LogP contribution in [-0.4, -0.2) is 96.2 Å². The van der Waals surface area contributed by atoms with E-state index < -0.39 is 78.0 Å². The third-order valence-corrected chi connectivity index (χ3v) is 8.73. The van der Waals surface area contributed by atoms with Gasteiger partial charge in [-0.05, 0) is 56.2 Å². The number of fused-ring (bicyclic) bond motifs is 1. The lowest BCUT2D eigenvalue weighted by molar-refractivity contribution is -0.757. The Morgan fingerprint density at radius 1 is 0.939 bits per heavy atom. The predicted molar refractivity (Wildman–Crippen MR) is 168 cm³/mol. The van der Waals surface area contributed by atoms with Crippen LogP contribution in [-0.2, 0) is 33.4 Å². The number of carbonyl (C=O) groups is 2. The number of hydrogen-bond acceptors (Lipinski definition) is 12. The van der Waals surface area contributed by atoms with Crippen LogP contribution in [0.4, 0.5) is 8.78 Å². The van der Waals surface area contributed by atoms with Gasteiger partial charge in [0, 0.05) is 25.2 Å². The Balaban J connectivity index is 1.11. The van der Waals surface area contributed by atoms with Crippen molar-refractivity contribution in [2.75, 3.05) is 26.4 Å². The third-order valence-electron chi connectivity index (χ3n) is 8.73. The average molecular weight is 698 g/mol. The Bertz CT molecular complexity index is 1260. The molecule has 3 aliphatic rings. The fourth-order valence-corrected chi connectivity index (χ4v) is 6.21. The summed E-state index contributed by atoms with van der Waals surface area (Å²) in [7, 11) is 0. The molecule has 15 heteroatoms. The number of halogens is 2. The summed E-state index contributed by atoms with van der Waals surface area (Å²) in [6, 6.07) is 8.29. The number of esters is 2. The van der Waals surface area contributed by atoms with Crippen LogP contribution < -0.4 is 4.74 Å². The lowest BCUT2D eigenvalue weighted by atomic mass is 9.89. The first-order valence-electron chi connectivity index (χ1n) is 16.7. The third kappa shape index (κ3) is 12.3. The first-order chi connectivity index (χ1) is 23.5. The molecule has 2 saturated heterocycles. The van der Waals surface area contributed by atoms with Crippen molar-refractivity contribution in [1.29, 1.82) is 0 Å². The molecule has 0 spiro atoms. The van der Waals surface area contributed by atoms with Gasteiger partial charge in [0.25, 0.3) is 11.0 Å². The smallest absolute Gasteiger partial charge is 0.306 e. The van der Waals surface area contributed by atoms with E-state index in [1.807, 2.05) is 12.2 Å². The second-order valence-corrected chi connectivity index (χ2v) is 12.5. The lowest BCUT2D eigenvalue weighted by Crippen LogP contribution is -2.35. The van der Waals surface area contributed by atoms with E-state index in [4.69, 9.17) is 23.7 Å². The number of carbonyl (C=O) groups excluding carboxylic acids is 2. The minimum absolute atomic E-state index is 0.0241. The summed E-state index contributed by atoms with van der Waals surface area (Å²) in [6.07, 6.45) is 4.83. The topological polar surface area (TPSA) is 173 Å². The van der Waals surface area contributed by atoms with Gasteiger partial charge < -0.3 is 38.7 Å². The van der Waals surface area contributed by atoms with E-state index in [1.165, 1.54) is 6.08 Å². The van der Waals surface area contributed by atoms with Gasteiger partial charge >= 0.3 is 11.9 Å². The molecule has 272 valence electrons. The minimum atomic E-state index is -3.26. The number of unbranched alkanes of at least 4 members (excludes halogenated alkanes) is 3. The molecule has 0 unspecified atom stereocenters. The van der Waals surface area contributed by atoms with E-state index in [0.29, 0.717) is 44.3 Å². The summed E-state index contributed by atoms with van der Waals surface area (Å²) in [5, 5.41) is 30.2. The normalized spacial score (nSPS) is 28.2. The van der Waals surface area contributed by atoms with Crippen molar-refractivity contribution in [1.82, 2.24) is 0 Å². The summed E-state index contributed by atoms with van der Waals surface area (Å²) in [4.78, 5) is 39.1. The van der Waals surface area contributed by atoms with E-state index in [2.05, 4.69) is 4.84 Å². The maximum absolute atomic E-state index is 14.5. The molecular formula is C34H45F2NO12. The maximum Gasteiger partial charge on any atom is 0.306 e. The maximum atomic E-state index is 14.5. The van der Waals surface area contributed by atoms with Crippen LogP contribution in [0.3, 0.4) is 0 Å². The van der Waals surface area contributed by atoms with E-state index >= 15 is 0 Å². The average Bonchev–Trinajstić information content (AvgIpc) is 3.73. The molecule has 2 aliphatic heterocycles. The van der Waals surface area contributed by atoms with Crippen LogP contribution in [0.2, 0.25) is 0 Å². The molecule has 0 bridgehead atoms. The van der Waals surface area contributed by atoms with E-state index in [-0.39, 0.29) is 39.1 Å². The van der Waals surface area contributed by atoms with Crippen molar-refractivity contribution in [3.8, 4) is 5.75 Å². The van der Waals surface area contributed by atoms with E-state index in [0.717, 1.165) is 6.08 Å². The zero-order valence-corrected chi connectivity index (χ0v) is 27.2. The minimum Gasteiger partial charge on any atom is -0.487 e. The number of rotatable bonds is 20. The first-order valence-corrected chi connectivity index (χ1v) is 16.7. The molecule has 0 amide bonds. The molecule has 2 heterocycles. The predicted octanol–water partition coefficient (Wildman–Crippen LogP) is 4.12. The lowest BCUT2D eigenvalue weighted by Gasteiger charge is -2.20. The molecule has 1 aromatic rings. The van der Waals surface area contributed by atoms with Crippen LogP contribution in [0, 0.1) is 22.0 Å². The quantitative estimate of drug-likeness (QED) is 0.0657.